The number of nitrogens with zero attached hydrogens (tertiary/aromatic N) is 4. The number of hydrogen-bond acceptors (Lipinski definition) is 8. The number of anilines is 1. The average Bonchev–Trinajstić information content (AvgIpc) is 2.97. The fourth-order valence-electron chi connectivity index (χ4n) is 4.18. The van der Waals surface area contributed by atoms with Crippen LogP contribution in [0, 0.1) is 5.92 Å². The first-order valence-corrected chi connectivity index (χ1v) is 12.7. The highest BCUT2D eigenvalue weighted by Gasteiger charge is 2.52. The van der Waals surface area contributed by atoms with Crippen LogP contribution < -0.4 is 15.7 Å². The molecule has 0 spiro atoms. The average molecular weight is 503 g/mol. The number of nitrogens with one attached hydrogen (secondary N) is 1. The van der Waals surface area contributed by atoms with Crippen molar-refractivity contribution in [3.63, 3.8) is 0 Å². The maximum atomic E-state index is 13.3. The first kappa shape index (κ1) is 28.2. The van der Waals surface area contributed by atoms with Gasteiger partial charge in [-0.1, -0.05) is 13.8 Å². The van der Waals surface area contributed by atoms with Crippen LogP contribution in [0.5, 0.6) is 0 Å². The molecule has 0 aliphatic carbocycles. The van der Waals surface area contributed by atoms with Crippen LogP contribution in [0.25, 0.3) is 0 Å². The summed E-state index contributed by atoms with van der Waals surface area (Å²) in [6.07, 6.45) is 2.90. The molecule has 2 aliphatic rings. The Labute approximate surface area is 215 Å². The lowest BCUT2D eigenvalue weighted by molar-refractivity contribution is -0.135. The van der Waals surface area contributed by atoms with Crippen LogP contribution in [-0.4, -0.2) is 82.5 Å². The van der Waals surface area contributed by atoms with Crippen LogP contribution in [0.1, 0.15) is 69.2 Å². The number of rotatable bonds is 5. The van der Waals surface area contributed by atoms with Gasteiger partial charge in [0.05, 0.1) is 11.2 Å². The minimum absolute atomic E-state index is 0.000244. The molecule has 1 aromatic rings. The van der Waals surface area contributed by atoms with E-state index in [1.807, 2.05) is 48.5 Å². The van der Waals surface area contributed by atoms with Gasteiger partial charge in [-0.2, -0.15) is 0 Å². The number of ether oxygens (including phenoxy) is 1. The second kappa shape index (κ2) is 10.2. The molecule has 10 nitrogen and oxygen atoms in total. The molecule has 200 valence electrons. The van der Waals surface area contributed by atoms with E-state index in [0.717, 1.165) is 5.46 Å². The van der Waals surface area contributed by atoms with Crippen LogP contribution in [0.2, 0.25) is 0 Å². The SMILES string of the molecule is CC(C)[C@H](NC(=O)OC(C)(C)C)C(=O)N1CCN(c2ncc(B3OC(C)(C)C(C)(C)O3)cn2)[C@@H](C)C1. The summed E-state index contributed by atoms with van der Waals surface area (Å²) in [4.78, 5) is 38.6. The first-order chi connectivity index (χ1) is 16.5. The lowest BCUT2D eigenvalue weighted by Crippen LogP contribution is -2.59. The highest BCUT2D eigenvalue weighted by molar-refractivity contribution is 6.61. The Morgan fingerprint density at radius 2 is 1.67 bits per heavy atom. The van der Waals surface area contributed by atoms with Gasteiger partial charge in [-0.05, 0) is 61.3 Å². The highest BCUT2D eigenvalue weighted by atomic mass is 16.7. The highest BCUT2D eigenvalue weighted by Crippen LogP contribution is 2.36. The van der Waals surface area contributed by atoms with Crippen LogP contribution in [0.15, 0.2) is 12.4 Å². The smallest absolute Gasteiger partial charge is 0.444 e. The third-order valence-corrected chi connectivity index (χ3v) is 6.98. The van der Waals surface area contributed by atoms with Crippen LogP contribution in [0.3, 0.4) is 0 Å². The van der Waals surface area contributed by atoms with Gasteiger partial charge in [0.15, 0.2) is 0 Å². The van der Waals surface area contributed by atoms with E-state index in [4.69, 9.17) is 14.0 Å². The fourth-order valence-corrected chi connectivity index (χ4v) is 4.18. The molecule has 1 N–H and O–H groups in total. The summed E-state index contributed by atoms with van der Waals surface area (Å²) in [6, 6.07) is -0.659. The van der Waals surface area contributed by atoms with Gasteiger partial charge in [-0.25, -0.2) is 14.8 Å². The molecule has 2 saturated heterocycles. The third kappa shape index (κ3) is 6.29. The van der Waals surface area contributed by atoms with Gasteiger partial charge >= 0.3 is 13.2 Å². The number of carbonyl (C=O) groups excluding carboxylic acids is 2. The van der Waals surface area contributed by atoms with Crippen molar-refractivity contribution in [2.24, 2.45) is 5.92 Å². The maximum Gasteiger partial charge on any atom is 0.498 e. The predicted molar refractivity (Wildman–Crippen MR) is 139 cm³/mol. The predicted octanol–water partition coefficient (Wildman–Crippen LogP) is 2.36. The Kier molecular flexibility index (Phi) is 7.96. The maximum absolute atomic E-state index is 13.3. The normalized spacial score (nSPS) is 22.5. The minimum atomic E-state index is -0.658. The molecule has 0 unspecified atom stereocenters. The van der Waals surface area contributed by atoms with Gasteiger partial charge in [0.1, 0.15) is 11.6 Å². The third-order valence-electron chi connectivity index (χ3n) is 6.98. The minimum Gasteiger partial charge on any atom is -0.444 e. The Hall–Kier alpha value is -2.40. The molecule has 0 bridgehead atoms. The Morgan fingerprint density at radius 1 is 1.11 bits per heavy atom. The van der Waals surface area contributed by atoms with E-state index in [0.29, 0.717) is 25.6 Å². The summed E-state index contributed by atoms with van der Waals surface area (Å²) in [6.45, 7) is 20.9. The largest absolute Gasteiger partial charge is 0.498 e. The van der Waals surface area contributed by atoms with E-state index in [-0.39, 0.29) is 17.9 Å². The molecule has 0 saturated carbocycles. The summed E-state index contributed by atoms with van der Waals surface area (Å²) in [5.41, 5.74) is -0.723. The van der Waals surface area contributed by atoms with Gasteiger partial charge < -0.3 is 29.2 Å². The van der Waals surface area contributed by atoms with Gasteiger partial charge in [0.25, 0.3) is 0 Å². The van der Waals surface area contributed by atoms with E-state index in [2.05, 4.69) is 20.2 Å². The number of amides is 2. The quantitative estimate of drug-likeness (QED) is 0.611. The van der Waals surface area contributed by atoms with Crippen molar-refractivity contribution in [1.82, 2.24) is 20.2 Å². The molecule has 0 aromatic carbocycles. The molecule has 0 radical (unpaired) electrons. The van der Waals surface area contributed by atoms with Crippen molar-refractivity contribution < 1.29 is 23.6 Å². The molecular weight excluding hydrogens is 461 g/mol. The fraction of sp³-hybridized carbons (Fsp3) is 0.760. The van der Waals surface area contributed by atoms with Crippen LogP contribution in [0.4, 0.5) is 10.7 Å². The monoisotopic (exact) mass is 503 g/mol. The summed E-state index contributed by atoms with van der Waals surface area (Å²) < 4.78 is 17.5. The molecule has 1 aromatic heterocycles. The summed E-state index contributed by atoms with van der Waals surface area (Å²) >= 11 is 0. The Morgan fingerprint density at radius 3 is 2.14 bits per heavy atom. The number of piperazine rings is 1. The van der Waals surface area contributed by atoms with E-state index in [1.165, 1.54) is 0 Å². The van der Waals surface area contributed by atoms with Gasteiger partial charge in [0.2, 0.25) is 11.9 Å². The van der Waals surface area contributed by atoms with Crippen molar-refractivity contribution >= 4 is 30.5 Å². The van der Waals surface area contributed by atoms with Crippen LogP contribution >= 0.6 is 0 Å². The molecule has 2 atom stereocenters. The molecule has 3 rings (SSSR count). The zero-order valence-corrected chi connectivity index (χ0v) is 23.4. The molecule has 36 heavy (non-hydrogen) atoms. The zero-order chi connectivity index (χ0) is 27.1. The number of carbonyl (C=O) groups is 2. The number of hydrogen-bond donors (Lipinski definition) is 1. The lowest BCUT2D eigenvalue weighted by atomic mass is 9.81. The number of alkyl carbamates (subject to hydrolysis) is 1. The molecule has 2 amide bonds. The van der Waals surface area contributed by atoms with Gasteiger partial charge in [-0.15, -0.1) is 0 Å². The number of aromatic nitrogens is 2. The van der Waals surface area contributed by atoms with Crippen molar-refractivity contribution in [3.8, 4) is 0 Å². The van der Waals surface area contributed by atoms with Crippen molar-refractivity contribution in [3.05, 3.63) is 12.4 Å². The zero-order valence-electron chi connectivity index (χ0n) is 23.4. The van der Waals surface area contributed by atoms with Gasteiger partial charge in [0, 0.05) is 43.5 Å². The van der Waals surface area contributed by atoms with E-state index in [9.17, 15) is 9.59 Å². The molecule has 11 heteroatoms. The molecule has 3 heterocycles. The summed E-state index contributed by atoms with van der Waals surface area (Å²) in [7, 11) is -0.513. The van der Waals surface area contributed by atoms with E-state index in [1.54, 1.807) is 38.1 Å². The van der Waals surface area contributed by atoms with E-state index >= 15 is 0 Å². The first-order valence-electron chi connectivity index (χ1n) is 12.7. The Balaban J connectivity index is 1.62. The Bertz CT molecular complexity index is 931. The molecule has 2 aliphatic heterocycles. The summed E-state index contributed by atoms with van der Waals surface area (Å²) in [5.74, 6) is 0.408. The molecule has 2 fully saturated rings. The molecular formula is C25H42BN5O5. The van der Waals surface area contributed by atoms with Crippen LogP contribution in [-0.2, 0) is 18.8 Å². The standard InChI is InChI=1S/C25H42BN5O5/c1-16(2)19(29-22(33)34-23(4,5)6)20(32)30-11-12-31(17(3)15-30)21-27-13-18(14-28-21)26-35-24(7,8)25(9,10)36-26/h13-14,16-17,19H,11-12,15H2,1-10H3,(H,29,33)/t17-,19-/m0/s1. The van der Waals surface area contributed by atoms with Crippen molar-refractivity contribution in [1.29, 1.82) is 0 Å². The summed E-state index contributed by atoms with van der Waals surface area (Å²) in [5, 5.41) is 2.76. The van der Waals surface area contributed by atoms with E-state index < -0.39 is 36.1 Å². The topological polar surface area (TPSA) is 106 Å². The van der Waals surface area contributed by atoms with Crippen molar-refractivity contribution in [2.45, 2.75) is 98.1 Å². The van der Waals surface area contributed by atoms with Crippen molar-refractivity contribution in [2.75, 3.05) is 24.5 Å². The van der Waals surface area contributed by atoms with Gasteiger partial charge in [-0.3, -0.25) is 4.79 Å². The second-order valence-corrected chi connectivity index (χ2v) is 12.1. The lowest BCUT2D eigenvalue weighted by Gasteiger charge is -2.41. The second-order valence-electron chi connectivity index (χ2n) is 12.1.